The van der Waals surface area contributed by atoms with Gasteiger partial charge in [0.2, 0.25) is 0 Å². The molecule has 0 fully saturated rings. The van der Waals surface area contributed by atoms with E-state index in [9.17, 15) is 0 Å². The molecule has 0 saturated carbocycles. The van der Waals surface area contributed by atoms with Gasteiger partial charge in [0.05, 0.1) is 0 Å². The molecule has 0 amide bonds. The van der Waals surface area contributed by atoms with Crippen molar-refractivity contribution in [3.05, 3.63) is 84.4 Å². The van der Waals surface area contributed by atoms with Gasteiger partial charge in [-0.15, -0.1) is 0 Å². The number of benzene rings is 3. The zero-order chi connectivity index (χ0) is 14.8. The Kier molecular flexibility index (Phi) is 3.24. The van der Waals surface area contributed by atoms with Gasteiger partial charge in [-0.3, -0.25) is 0 Å². The summed E-state index contributed by atoms with van der Waals surface area (Å²) in [5, 5.41) is 0. The molecule has 1 nitrogen and oxygen atoms in total. The van der Waals surface area contributed by atoms with Crippen LogP contribution in [0.15, 0.2) is 78.9 Å². The second-order valence-corrected chi connectivity index (χ2v) is 5.34. The first-order valence-corrected chi connectivity index (χ1v) is 7.51. The highest BCUT2D eigenvalue weighted by Gasteiger charge is 2.14. The standard InChI is InChI=1S/C21H16O/c1-2-8-16(9-3-1)17-10-4-5-11-18(17)19-12-6-14-21-20(19)13-7-15-22-21/h1-14H,15H2. The van der Waals surface area contributed by atoms with Crippen molar-refractivity contribution >= 4 is 6.08 Å². The second-order valence-electron chi connectivity index (χ2n) is 5.34. The maximum Gasteiger partial charge on any atom is 0.127 e. The molecule has 0 unspecified atom stereocenters. The van der Waals surface area contributed by atoms with Crippen LogP contribution in [-0.2, 0) is 0 Å². The van der Waals surface area contributed by atoms with E-state index >= 15 is 0 Å². The Labute approximate surface area is 130 Å². The molecule has 0 N–H and O–H groups in total. The minimum atomic E-state index is 0.650. The summed E-state index contributed by atoms with van der Waals surface area (Å²) >= 11 is 0. The number of rotatable bonds is 2. The molecule has 0 saturated heterocycles. The van der Waals surface area contributed by atoms with E-state index in [-0.39, 0.29) is 0 Å². The number of hydrogen-bond donors (Lipinski definition) is 0. The van der Waals surface area contributed by atoms with Gasteiger partial charge in [0, 0.05) is 5.56 Å². The molecule has 1 heterocycles. The van der Waals surface area contributed by atoms with Gasteiger partial charge in [-0.2, -0.15) is 0 Å². The minimum absolute atomic E-state index is 0.650. The van der Waals surface area contributed by atoms with E-state index in [1.54, 1.807) is 0 Å². The van der Waals surface area contributed by atoms with Crippen LogP contribution in [0.4, 0.5) is 0 Å². The first kappa shape index (κ1) is 12.9. The lowest BCUT2D eigenvalue weighted by atomic mass is 9.91. The van der Waals surface area contributed by atoms with Crippen LogP contribution in [0, 0.1) is 0 Å². The van der Waals surface area contributed by atoms with Crippen molar-refractivity contribution in [1.82, 2.24) is 0 Å². The van der Waals surface area contributed by atoms with Crippen LogP contribution in [0.2, 0.25) is 0 Å². The van der Waals surface area contributed by atoms with Crippen molar-refractivity contribution in [2.75, 3.05) is 6.61 Å². The van der Waals surface area contributed by atoms with Crippen LogP contribution in [0.1, 0.15) is 5.56 Å². The van der Waals surface area contributed by atoms with Crippen molar-refractivity contribution in [2.45, 2.75) is 0 Å². The quantitative estimate of drug-likeness (QED) is 0.610. The van der Waals surface area contributed by atoms with Gasteiger partial charge in [-0.25, -0.2) is 0 Å². The average molecular weight is 284 g/mol. The summed E-state index contributed by atoms with van der Waals surface area (Å²) in [6, 6.07) is 25.3. The maximum atomic E-state index is 5.74. The Morgan fingerprint density at radius 1 is 0.636 bits per heavy atom. The summed E-state index contributed by atoms with van der Waals surface area (Å²) in [6.07, 6.45) is 4.23. The van der Waals surface area contributed by atoms with Gasteiger partial charge in [0.1, 0.15) is 12.4 Å². The Morgan fingerprint density at radius 3 is 2.23 bits per heavy atom. The fourth-order valence-electron chi connectivity index (χ4n) is 2.97. The molecule has 0 atom stereocenters. The number of hydrogen-bond acceptors (Lipinski definition) is 1. The van der Waals surface area contributed by atoms with Crippen LogP contribution in [0.3, 0.4) is 0 Å². The van der Waals surface area contributed by atoms with E-state index in [0.29, 0.717) is 6.61 Å². The molecule has 0 aromatic heterocycles. The van der Waals surface area contributed by atoms with Crippen LogP contribution in [0.5, 0.6) is 5.75 Å². The SMILES string of the molecule is C1=Cc2c(cccc2-c2ccccc2-c2ccccc2)OC1. The first-order chi connectivity index (χ1) is 10.9. The third-order valence-electron chi connectivity index (χ3n) is 3.99. The summed E-state index contributed by atoms with van der Waals surface area (Å²) in [4.78, 5) is 0. The van der Waals surface area contributed by atoms with Gasteiger partial charge in [-0.05, 0) is 34.4 Å². The molecule has 3 aromatic carbocycles. The average Bonchev–Trinajstić information content (AvgIpc) is 2.62. The van der Waals surface area contributed by atoms with Crippen LogP contribution < -0.4 is 4.74 Å². The van der Waals surface area contributed by atoms with Crippen LogP contribution in [-0.4, -0.2) is 6.61 Å². The van der Waals surface area contributed by atoms with Gasteiger partial charge in [0.15, 0.2) is 0 Å². The highest BCUT2D eigenvalue weighted by molar-refractivity contribution is 5.89. The van der Waals surface area contributed by atoms with Crippen molar-refractivity contribution in [3.8, 4) is 28.0 Å². The third kappa shape index (κ3) is 2.21. The third-order valence-corrected chi connectivity index (χ3v) is 3.99. The van der Waals surface area contributed by atoms with Crippen LogP contribution in [0.25, 0.3) is 28.3 Å². The molecular formula is C21H16O. The lowest BCUT2D eigenvalue weighted by molar-refractivity contribution is 0.359. The maximum absolute atomic E-state index is 5.74. The van der Waals surface area contributed by atoms with Crippen molar-refractivity contribution < 1.29 is 4.74 Å². The number of ether oxygens (including phenoxy) is 1. The van der Waals surface area contributed by atoms with E-state index < -0.39 is 0 Å². The Hall–Kier alpha value is -2.80. The molecule has 1 aliphatic heterocycles. The van der Waals surface area contributed by atoms with E-state index in [1.807, 2.05) is 12.1 Å². The molecule has 0 radical (unpaired) electrons. The zero-order valence-electron chi connectivity index (χ0n) is 12.2. The monoisotopic (exact) mass is 284 g/mol. The Balaban J connectivity index is 1.94. The summed E-state index contributed by atoms with van der Waals surface area (Å²) in [7, 11) is 0. The lowest BCUT2D eigenvalue weighted by Crippen LogP contribution is -2.01. The molecular weight excluding hydrogens is 268 g/mol. The normalized spacial score (nSPS) is 12.5. The summed E-state index contributed by atoms with van der Waals surface area (Å²) in [5.41, 5.74) is 6.10. The van der Waals surface area contributed by atoms with Crippen LogP contribution >= 0.6 is 0 Å². The second kappa shape index (κ2) is 5.53. The molecule has 0 bridgehead atoms. The van der Waals surface area contributed by atoms with Crippen molar-refractivity contribution in [3.63, 3.8) is 0 Å². The lowest BCUT2D eigenvalue weighted by Gasteiger charge is -2.18. The van der Waals surface area contributed by atoms with Crippen molar-refractivity contribution in [2.24, 2.45) is 0 Å². The summed E-state index contributed by atoms with van der Waals surface area (Å²) in [6.45, 7) is 0.650. The Bertz CT molecular complexity index is 832. The van der Waals surface area contributed by atoms with Gasteiger partial charge < -0.3 is 4.74 Å². The molecule has 1 aliphatic rings. The van der Waals surface area contributed by atoms with Gasteiger partial charge in [-0.1, -0.05) is 72.8 Å². The molecule has 4 rings (SSSR count). The first-order valence-electron chi connectivity index (χ1n) is 7.51. The fourth-order valence-corrected chi connectivity index (χ4v) is 2.97. The molecule has 22 heavy (non-hydrogen) atoms. The highest BCUT2D eigenvalue weighted by atomic mass is 16.5. The van der Waals surface area contributed by atoms with E-state index in [2.05, 4.69) is 72.8 Å². The van der Waals surface area contributed by atoms with Crippen molar-refractivity contribution in [1.29, 1.82) is 0 Å². The minimum Gasteiger partial charge on any atom is -0.489 e. The number of fused-ring (bicyclic) bond motifs is 1. The summed E-state index contributed by atoms with van der Waals surface area (Å²) in [5.74, 6) is 0.961. The van der Waals surface area contributed by atoms with E-state index in [1.165, 1.54) is 22.3 Å². The molecule has 106 valence electrons. The topological polar surface area (TPSA) is 9.23 Å². The highest BCUT2D eigenvalue weighted by Crippen LogP contribution is 2.38. The largest absolute Gasteiger partial charge is 0.489 e. The molecule has 1 heteroatoms. The van der Waals surface area contributed by atoms with Gasteiger partial charge in [0.25, 0.3) is 0 Å². The molecule has 3 aromatic rings. The van der Waals surface area contributed by atoms with E-state index in [0.717, 1.165) is 11.3 Å². The zero-order valence-corrected chi connectivity index (χ0v) is 12.2. The summed E-state index contributed by atoms with van der Waals surface area (Å²) < 4.78 is 5.74. The van der Waals surface area contributed by atoms with Gasteiger partial charge >= 0.3 is 0 Å². The Morgan fingerprint density at radius 2 is 1.36 bits per heavy atom. The molecule has 0 spiro atoms. The van der Waals surface area contributed by atoms with E-state index in [4.69, 9.17) is 4.74 Å². The predicted octanol–water partition coefficient (Wildman–Crippen LogP) is 5.43. The molecule has 0 aliphatic carbocycles. The predicted molar refractivity (Wildman–Crippen MR) is 91.8 cm³/mol. The fraction of sp³-hybridized carbons (Fsp3) is 0.0476. The smallest absolute Gasteiger partial charge is 0.127 e.